The van der Waals surface area contributed by atoms with Crippen molar-refractivity contribution in [2.45, 2.75) is 37.8 Å². The normalized spacial score (nSPS) is 11.6. The molecule has 0 unspecified atom stereocenters. The van der Waals surface area contributed by atoms with Gasteiger partial charge in [0.1, 0.15) is 12.1 Å². The quantitative estimate of drug-likeness (QED) is 0.214. The minimum atomic E-state index is -4.40. The van der Waals surface area contributed by atoms with Gasteiger partial charge in [-0.2, -0.15) is 0 Å². The second kappa shape index (κ2) is 13.3. The highest BCUT2D eigenvalue weighted by Crippen LogP contribution is 2.34. The van der Waals surface area contributed by atoms with E-state index in [1.54, 1.807) is 81.4 Å². The van der Waals surface area contributed by atoms with Crippen LogP contribution in [0.15, 0.2) is 83.8 Å². The average Bonchev–Trinajstić information content (AvgIpc) is 2.96. The van der Waals surface area contributed by atoms with Gasteiger partial charge in [0.15, 0.2) is 0 Å². The summed E-state index contributed by atoms with van der Waals surface area (Å²) in [5.41, 5.74) is 0.747. The molecule has 0 aliphatic carbocycles. The minimum Gasteiger partial charge on any atom is -0.459 e. The highest BCUT2D eigenvalue weighted by Gasteiger charge is 2.31. The molecule has 0 aromatic heterocycles. The minimum absolute atomic E-state index is 0.103. The molecule has 0 aliphatic rings. The van der Waals surface area contributed by atoms with E-state index in [1.165, 1.54) is 25.2 Å². The number of esters is 1. The average molecular weight is 657 g/mol. The van der Waals surface area contributed by atoms with Crippen molar-refractivity contribution in [2.24, 2.45) is 0 Å². The van der Waals surface area contributed by atoms with Crippen molar-refractivity contribution >= 4 is 67.5 Å². The third-order valence-corrected chi connectivity index (χ3v) is 8.57. The molecule has 0 spiro atoms. The third-order valence-electron chi connectivity index (χ3n) is 6.40. The van der Waals surface area contributed by atoms with Gasteiger partial charge in [0.2, 0.25) is 0 Å². The molecule has 0 fully saturated rings. The Bertz CT molecular complexity index is 1830. The summed E-state index contributed by atoms with van der Waals surface area (Å²) in [6.45, 7) is 4.53. The Hall–Kier alpha value is -4.12. The third kappa shape index (κ3) is 7.68. The van der Waals surface area contributed by atoms with Crippen molar-refractivity contribution in [1.82, 2.24) is 10.6 Å². The molecule has 0 heterocycles. The molecule has 4 aromatic rings. The molecular weight excluding hydrogens is 625 g/mol. The number of rotatable bonds is 9. The summed E-state index contributed by atoms with van der Waals surface area (Å²) in [5.74, 6) is -1.44. The van der Waals surface area contributed by atoms with Crippen LogP contribution >= 0.6 is 23.2 Å². The zero-order valence-electron chi connectivity index (χ0n) is 24.5. The number of nitrogens with one attached hydrogen (secondary N) is 2. The number of anilines is 1. The number of hydrogen-bond acceptors (Lipinski definition) is 6. The van der Waals surface area contributed by atoms with Gasteiger partial charge < -0.3 is 15.4 Å². The summed E-state index contributed by atoms with van der Waals surface area (Å²) >= 11 is 12.3. The maximum absolute atomic E-state index is 14.1. The Kier molecular flexibility index (Phi) is 9.88. The van der Waals surface area contributed by atoms with Gasteiger partial charge in [-0.05, 0) is 74.2 Å². The van der Waals surface area contributed by atoms with Crippen molar-refractivity contribution in [1.29, 1.82) is 0 Å². The second-order valence-electron chi connectivity index (χ2n) is 10.8. The maximum Gasteiger partial charge on any atom is 0.327 e. The van der Waals surface area contributed by atoms with E-state index in [-0.39, 0.29) is 38.6 Å². The van der Waals surface area contributed by atoms with Crippen molar-refractivity contribution in [3.05, 3.63) is 106 Å². The summed E-state index contributed by atoms with van der Waals surface area (Å²) in [6, 6.07) is 20.5. The number of nitrogens with zero attached hydrogens (tertiary/aromatic N) is 1. The lowest BCUT2D eigenvalue weighted by atomic mass is 10.0. The first kappa shape index (κ1) is 32.8. The molecule has 0 saturated carbocycles. The zero-order valence-corrected chi connectivity index (χ0v) is 26.8. The Labute approximate surface area is 266 Å². The molecule has 12 heteroatoms. The first-order valence-corrected chi connectivity index (χ1v) is 15.7. The SMILES string of the molecule is CNC(=O)c1cccc(CNC(=O)c2cccc3c(N(CC(=O)OC(C)(C)C)S(=O)(=O)c4cc(Cl)cc(Cl)c4)cccc23)c1. The molecule has 0 radical (unpaired) electrons. The molecule has 4 aromatic carbocycles. The largest absolute Gasteiger partial charge is 0.459 e. The van der Waals surface area contributed by atoms with Crippen molar-refractivity contribution in [2.75, 3.05) is 17.9 Å². The van der Waals surface area contributed by atoms with E-state index in [2.05, 4.69) is 10.6 Å². The lowest BCUT2D eigenvalue weighted by Crippen LogP contribution is -2.39. The summed E-state index contributed by atoms with van der Waals surface area (Å²) in [4.78, 5) is 38.2. The number of ether oxygens (including phenoxy) is 1. The van der Waals surface area contributed by atoms with Crippen LogP contribution in [-0.2, 0) is 26.1 Å². The van der Waals surface area contributed by atoms with Gasteiger partial charge in [-0.1, -0.05) is 59.6 Å². The number of halogens is 2. The summed E-state index contributed by atoms with van der Waals surface area (Å²) < 4.78 is 34.5. The van der Waals surface area contributed by atoms with Crippen LogP contribution in [0.2, 0.25) is 10.0 Å². The fourth-order valence-corrected chi connectivity index (χ4v) is 6.70. The molecule has 0 bridgehead atoms. The zero-order chi connectivity index (χ0) is 32.2. The standard InChI is InChI=1S/C32H31Cl2N3O6S/c1-32(2,3)43-29(38)19-37(44(41,42)24-16-22(33)15-23(34)17-24)28-13-7-10-25-26(28)11-6-12-27(25)31(40)36-18-20-8-5-9-21(14-20)30(39)35-4/h5-17H,18-19H2,1-4H3,(H,35,39)(H,36,40). The van der Waals surface area contributed by atoms with E-state index in [9.17, 15) is 22.8 Å². The van der Waals surface area contributed by atoms with Crippen molar-refractivity contribution in [3.63, 3.8) is 0 Å². The fraction of sp³-hybridized carbons (Fsp3) is 0.219. The first-order valence-electron chi connectivity index (χ1n) is 13.5. The van der Waals surface area contributed by atoms with Crippen LogP contribution in [0.1, 0.15) is 47.1 Å². The lowest BCUT2D eigenvalue weighted by Gasteiger charge is -2.27. The smallest absolute Gasteiger partial charge is 0.327 e. The Balaban J connectivity index is 1.75. The van der Waals surface area contributed by atoms with E-state index >= 15 is 0 Å². The molecule has 0 saturated heterocycles. The summed E-state index contributed by atoms with van der Waals surface area (Å²) in [7, 11) is -2.87. The molecular formula is C32H31Cl2N3O6S. The molecule has 44 heavy (non-hydrogen) atoms. The van der Waals surface area contributed by atoms with E-state index < -0.39 is 34.0 Å². The molecule has 2 N–H and O–H groups in total. The number of benzene rings is 4. The van der Waals surface area contributed by atoms with Gasteiger partial charge in [-0.15, -0.1) is 0 Å². The number of carbonyl (C=O) groups is 3. The van der Waals surface area contributed by atoms with Gasteiger partial charge in [0, 0.05) is 40.2 Å². The van der Waals surface area contributed by atoms with Crippen LogP contribution < -0.4 is 14.9 Å². The van der Waals surface area contributed by atoms with E-state index in [4.69, 9.17) is 27.9 Å². The first-order chi connectivity index (χ1) is 20.7. The van der Waals surface area contributed by atoms with Crippen LogP contribution in [0.3, 0.4) is 0 Å². The molecule has 4 rings (SSSR count). The van der Waals surface area contributed by atoms with Crippen LogP contribution in [0.25, 0.3) is 10.8 Å². The van der Waals surface area contributed by atoms with Crippen LogP contribution in [0, 0.1) is 0 Å². The molecule has 230 valence electrons. The number of hydrogen-bond donors (Lipinski definition) is 2. The van der Waals surface area contributed by atoms with Gasteiger partial charge in [-0.25, -0.2) is 8.42 Å². The van der Waals surface area contributed by atoms with Crippen LogP contribution in [0.5, 0.6) is 0 Å². The highest BCUT2D eigenvalue weighted by atomic mass is 35.5. The van der Waals surface area contributed by atoms with Crippen LogP contribution in [0.4, 0.5) is 5.69 Å². The molecule has 2 amide bonds. The fourth-order valence-electron chi connectivity index (χ4n) is 4.55. The molecule has 9 nitrogen and oxygen atoms in total. The van der Waals surface area contributed by atoms with Crippen molar-refractivity contribution in [3.8, 4) is 0 Å². The van der Waals surface area contributed by atoms with Gasteiger partial charge >= 0.3 is 5.97 Å². The van der Waals surface area contributed by atoms with Gasteiger partial charge in [0.05, 0.1) is 10.6 Å². The number of sulfonamides is 1. The van der Waals surface area contributed by atoms with E-state index in [0.717, 1.165) is 9.87 Å². The van der Waals surface area contributed by atoms with Gasteiger partial charge in [0.25, 0.3) is 21.8 Å². The maximum atomic E-state index is 14.1. The van der Waals surface area contributed by atoms with Crippen molar-refractivity contribution < 1.29 is 27.5 Å². The molecule has 0 atom stereocenters. The van der Waals surface area contributed by atoms with Crippen LogP contribution in [-0.4, -0.2) is 45.4 Å². The Morgan fingerprint density at radius 3 is 2.14 bits per heavy atom. The van der Waals surface area contributed by atoms with E-state index in [0.29, 0.717) is 16.3 Å². The summed E-state index contributed by atoms with van der Waals surface area (Å²) in [5, 5.41) is 6.49. The topological polar surface area (TPSA) is 122 Å². The second-order valence-corrected chi connectivity index (χ2v) is 13.6. The monoisotopic (exact) mass is 655 g/mol. The number of fused-ring (bicyclic) bond motifs is 1. The van der Waals surface area contributed by atoms with Gasteiger partial charge in [-0.3, -0.25) is 18.7 Å². The highest BCUT2D eigenvalue weighted by molar-refractivity contribution is 7.93. The molecule has 0 aliphatic heterocycles. The summed E-state index contributed by atoms with van der Waals surface area (Å²) in [6.07, 6.45) is 0. The lowest BCUT2D eigenvalue weighted by molar-refractivity contribution is -0.152. The van der Waals surface area contributed by atoms with E-state index in [1.807, 2.05) is 0 Å². The Morgan fingerprint density at radius 2 is 1.48 bits per heavy atom. The Morgan fingerprint density at radius 1 is 0.841 bits per heavy atom. The predicted molar refractivity (Wildman–Crippen MR) is 172 cm³/mol. The number of amides is 2. The predicted octanol–water partition coefficient (Wildman–Crippen LogP) is 5.97. The number of carbonyl (C=O) groups excluding carboxylic acids is 3.